The molecule has 3 aromatic rings. The molecule has 0 aliphatic carbocycles. The zero-order valence-corrected chi connectivity index (χ0v) is 15.4. The third-order valence-corrected chi connectivity index (χ3v) is 4.61. The quantitative estimate of drug-likeness (QED) is 0.726. The Bertz CT molecular complexity index is 1040. The summed E-state index contributed by atoms with van der Waals surface area (Å²) in [6.45, 7) is 3.63. The molecule has 0 spiro atoms. The van der Waals surface area contributed by atoms with Crippen LogP contribution in [0.5, 0.6) is 0 Å². The number of halogens is 2. The lowest BCUT2D eigenvalue weighted by Crippen LogP contribution is -2.25. The topological polar surface area (TPSA) is 81.9 Å². The van der Waals surface area contributed by atoms with E-state index in [0.717, 1.165) is 18.0 Å². The van der Waals surface area contributed by atoms with Crippen molar-refractivity contribution in [3.63, 3.8) is 0 Å². The van der Waals surface area contributed by atoms with Gasteiger partial charge in [0, 0.05) is 31.0 Å². The molecule has 4 heterocycles. The van der Waals surface area contributed by atoms with E-state index in [2.05, 4.69) is 20.4 Å². The van der Waals surface area contributed by atoms with E-state index in [4.69, 9.17) is 4.74 Å². The van der Waals surface area contributed by atoms with E-state index in [9.17, 15) is 13.6 Å². The lowest BCUT2D eigenvalue weighted by molar-refractivity contribution is -0.115. The fourth-order valence-corrected chi connectivity index (χ4v) is 2.99. The third-order valence-electron chi connectivity index (χ3n) is 4.61. The van der Waals surface area contributed by atoms with Gasteiger partial charge in [0.15, 0.2) is 5.82 Å². The van der Waals surface area contributed by atoms with Crippen LogP contribution in [0.1, 0.15) is 37.6 Å². The number of ether oxygens (including phenoxy) is 1. The van der Waals surface area contributed by atoms with Crippen LogP contribution in [0.25, 0.3) is 16.7 Å². The minimum absolute atomic E-state index is 0.109. The average molecular weight is 387 g/mol. The molecule has 0 atom stereocenters. The van der Waals surface area contributed by atoms with Crippen molar-refractivity contribution in [3.8, 4) is 5.82 Å². The number of carbonyl (C=O) groups excluding carboxylic acids is 1. The molecule has 0 aromatic carbocycles. The van der Waals surface area contributed by atoms with E-state index >= 15 is 0 Å². The first-order chi connectivity index (χ1) is 13.4. The highest BCUT2D eigenvalue weighted by molar-refractivity contribution is 5.92. The second kappa shape index (κ2) is 6.90. The standard InChI is InChI=1S/C19H19F2N5O2/c1-3-17(27)24-15-7-13-12(8-22-15)18(11-9-28-10-11)25-26(13)16-6-4-5-14(23-16)19(2,20)21/h4-8,11H,3,9-10H2,1-2H3,(H,22,24,27). The Labute approximate surface area is 159 Å². The number of anilines is 1. The van der Waals surface area contributed by atoms with Crippen molar-refractivity contribution < 1.29 is 18.3 Å². The molecule has 146 valence electrons. The second-order valence-corrected chi connectivity index (χ2v) is 6.79. The Hall–Kier alpha value is -2.94. The lowest BCUT2D eigenvalue weighted by Gasteiger charge is -2.24. The van der Waals surface area contributed by atoms with Gasteiger partial charge >= 0.3 is 0 Å². The van der Waals surface area contributed by atoms with E-state index in [-0.39, 0.29) is 23.3 Å². The number of fused-ring (bicyclic) bond motifs is 1. The Morgan fingerprint density at radius 2 is 2.18 bits per heavy atom. The maximum Gasteiger partial charge on any atom is 0.287 e. The first kappa shape index (κ1) is 18.4. The van der Waals surface area contributed by atoms with E-state index in [1.54, 1.807) is 25.3 Å². The fraction of sp³-hybridized carbons (Fsp3) is 0.368. The normalized spacial score (nSPS) is 14.9. The maximum atomic E-state index is 13.7. The molecule has 1 saturated heterocycles. The van der Waals surface area contributed by atoms with Gasteiger partial charge in [-0.2, -0.15) is 13.9 Å². The van der Waals surface area contributed by atoms with Crippen molar-refractivity contribution in [1.29, 1.82) is 0 Å². The first-order valence-electron chi connectivity index (χ1n) is 8.99. The molecule has 1 aliphatic rings. The zero-order chi connectivity index (χ0) is 19.9. The Balaban J connectivity index is 1.86. The summed E-state index contributed by atoms with van der Waals surface area (Å²) in [4.78, 5) is 20.1. The molecule has 1 amide bonds. The summed E-state index contributed by atoms with van der Waals surface area (Å²) in [6.07, 6.45) is 1.95. The maximum absolute atomic E-state index is 13.7. The van der Waals surface area contributed by atoms with Gasteiger partial charge in [-0.05, 0) is 12.1 Å². The summed E-state index contributed by atoms with van der Waals surface area (Å²) in [5.41, 5.74) is 1.07. The Kier molecular flexibility index (Phi) is 4.54. The van der Waals surface area contributed by atoms with Crippen LogP contribution in [0.2, 0.25) is 0 Å². The molecule has 3 aromatic heterocycles. The molecule has 7 nitrogen and oxygen atoms in total. The van der Waals surface area contributed by atoms with Crippen molar-refractivity contribution >= 4 is 22.6 Å². The Morgan fingerprint density at radius 1 is 1.39 bits per heavy atom. The molecule has 0 saturated carbocycles. The minimum atomic E-state index is -3.06. The summed E-state index contributed by atoms with van der Waals surface area (Å²) >= 11 is 0. The number of hydrogen-bond donors (Lipinski definition) is 1. The van der Waals surface area contributed by atoms with E-state index in [1.165, 1.54) is 16.8 Å². The predicted octanol–water partition coefficient (Wildman–Crippen LogP) is 3.39. The van der Waals surface area contributed by atoms with Crippen LogP contribution in [0.3, 0.4) is 0 Å². The van der Waals surface area contributed by atoms with Crippen molar-refractivity contribution in [2.75, 3.05) is 18.5 Å². The minimum Gasteiger partial charge on any atom is -0.380 e. The van der Waals surface area contributed by atoms with Crippen LogP contribution < -0.4 is 5.32 Å². The summed E-state index contributed by atoms with van der Waals surface area (Å²) in [6, 6.07) is 6.10. The van der Waals surface area contributed by atoms with Crippen LogP contribution >= 0.6 is 0 Å². The van der Waals surface area contributed by atoms with Gasteiger partial charge in [-0.3, -0.25) is 4.79 Å². The molecule has 9 heteroatoms. The molecule has 1 aliphatic heterocycles. The summed E-state index contributed by atoms with van der Waals surface area (Å²) in [5.74, 6) is -2.48. The largest absolute Gasteiger partial charge is 0.380 e. The predicted molar refractivity (Wildman–Crippen MR) is 98.7 cm³/mol. The van der Waals surface area contributed by atoms with Gasteiger partial charge in [0.2, 0.25) is 5.91 Å². The number of nitrogens with zero attached hydrogens (tertiary/aromatic N) is 4. The third kappa shape index (κ3) is 3.33. The van der Waals surface area contributed by atoms with Crippen LogP contribution in [0, 0.1) is 0 Å². The summed E-state index contributed by atoms with van der Waals surface area (Å²) < 4.78 is 34.3. The van der Waals surface area contributed by atoms with Gasteiger partial charge in [-0.1, -0.05) is 13.0 Å². The highest BCUT2D eigenvalue weighted by Gasteiger charge is 2.29. The second-order valence-electron chi connectivity index (χ2n) is 6.79. The fourth-order valence-electron chi connectivity index (χ4n) is 2.99. The van der Waals surface area contributed by atoms with E-state index < -0.39 is 5.92 Å². The van der Waals surface area contributed by atoms with Gasteiger partial charge < -0.3 is 10.1 Å². The highest BCUT2D eigenvalue weighted by Crippen LogP contribution is 2.32. The van der Waals surface area contributed by atoms with Crippen LogP contribution in [-0.4, -0.2) is 38.9 Å². The molecule has 0 bridgehead atoms. The van der Waals surface area contributed by atoms with Crippen molar-refractivity contribution in [3.05, 3.63) is 41.9 Å². The number of pyridine rings is 2. The van der Waals surface area contributed by atoms with Gasteiger partial charge in [-0.15, -0.1) is 0 Å². The van der Waals surface area contributed by atoms with Gasteiger partial charge in [0.25, 0.3) is 5.92 Å². The number of carbonyl (C=O) groups is 1. The number of nitrogens with one attached hydrogen (secondary N) is 1. The summed E-state index contributed by atoms with van der Waals surface area (Å²) in [5, 5.41) is 8.11. The number of alkyl halides is 2. The lowest BCUT2D eigenvalue weighted by atomic mass is 10.0. The molecule has 4 rings (SSSR count). The van der Waals surface area contributed by atoms with E-state index in [1.807, 2.05) is 0 Å². The number of amides is 1. The van der Waals surface area contributed by atoms with Crippen molar-refractivity contribution in [2.45, 2.75) is 32.1 Å². The molecule has 0 radical (unpaired) electrons. The summed E-state index contributed by atoms with van der Waals surface area (Å²) in [7, 11) is 0. The molecule has 1 N–H and O–H groups in total. The highest BCUT2D eigenvalue weighted by atomic mass is 19.3. The number of hydrogen-bond acceptors (Lipinski definition) is 5. The smallest absolute Gasteiger partial charge is 0.287 e. The van der Waals surface area contributed by atoms with Crippen LogP contribution in [0.15, 0.2) is 30.5 Å². The number of aromatic nitrogens is 4. The van der Waals surface area contributed by atoms with Crippen LogP contribution in [0.4, 0.5) is 14.6 Å². The van der Waals surface area contributed by atoms with Gasteiger partial charge in [0.1, 0.15) is 11.5 Å². The Morgan fingerprint density at radius 3 is 2.82 bits per heavy atom. The first-order valence-corrected chi connectivity index (χ1v) is 8.99. The average Bonchev–Trinajstić information content (AvgIpc) is 2.98. The zero-order valence-electron chi connectivity index (χ0n) is 15.4. The molecular formula is C19H19F2N5O2. The van der Waals surface area contributed by atoms with Crippen LogP contribution in [-0.2, 0) is 15.5 Å². The molecule has 28 heavy (non-hydrogen) atoms. The molecule has 1 fully saturated rings. The SMILES string of the molecule is CCC(=O)Nc1cc2c(cn1)c(C1COC1)nn2-c1cccc(C(C)(F)F)n1. The van der Waals surface area contributed by atoms with Crippen molar-refractivity contribution in [1.82, 2.24) is 19.7 Å². The monoisotopic (exact) mass is 387 g/mol. The van der Waals surface area contributed by atoms with Gasteiger partial charge in [0.05, 0.1) is 30.3 Å². The van der Waals surface area contributed by atoms with E-state index in [0.29, 0.717) is 31.0 Å². The van der Waals surface area contributed by atoms with Crippen molar-refractivity contribution in [2.24, 2.45) is 0 Å². The molecular weight excluding hydrogens is 368 g/mol. The molecule has 0 unspecified atom stereocenters. The van der Waals surface area contributed by atoms with Gasteiger partial charge in [-0.25, -0.2) is 14.6 Å². The number of rotatable bonds is 5.